The molecule has 0 aromatic heterocycles. The number of hydrogen-bond donors (Lipinski definition) is 0. The number of thiocarbonyl (C=S) groups is 1. The Morgan fingerprint density at radius 1 is 0.967 bits per heavy atom. The summed E-state index contributed by atoms with van der Waals surface area (Å²) in [7, 11) is 0. The van der Waals surface area contributed by atoms with Crippen molar-refractivity contribution in [2.45, 2.75) is 52.4 Å². The fourth-order valence-electron chi connectivity index (χ4n) is 3.27. The molecule has 0 radical (unpaired) electrons. The van der Waals surface area contributed by atoms with Gasteiger partial charge in [0.25, 0.3) is 5.91 Å². The normalized spacial score (nSPS) is 15.3. The number of amides is 1. The Labute approximate surface area is 189 Å². The molecule has 0 saturated carbocycles. The van der Waals surface area contributed by atoms with Gasteiger partial charge in [0.15, 0.2) is 4.32 Å². The van der Waals surface area contributed by atoms with E-state index in [9.17, 15) is 4.79 Å². The third-order valence-corrected chi connectivity index (χ3v) is 6.33. The van der Waals surface area contributed by atoms with Crippen molar-refractivity contribution in [3.05, 3.63) is 64.6 Å². The maximum Gasteiger partial charge on any atom is 0.270 e. The van der Waals surface area contributed by atoms with Gasteiger partial charge in [-0.15, -0.1) is 0 Å². The van der Waals surface area contributed by atoms with E-state index in [0.29, 0.717) is 9.23 Å². The van der Waals surface area contributed by atoms with Crippen LogP contribution in [0.4, 0.5) is 5.69 Å². The molecular weight excluding hydrogens is 410 g/mol. The summed E-state index contributed by atoms with van der Waals surface area (Å²) in [5.74, 6) is 0.796. The number of nitrogens with zero attached hydrogens (tertiary/aromatic N) is 1. The molecule has 1 fully saturated rings. The number of anilines is 1. The Morgan fingerprint density at radius 3 is 2.33 bits per heavy atom. The molecule has 2 aromatic rings. The molecule has 0 atom stereocenters. The van der Waals surface area contributed by atoms with Gasteiger partial charge in [0, 0.05) is 0 Å². The van der Waals surface area contributed by atoms with E-state index in [0.717, 1.165) is 35.6 Å². The lowest BCUT2D eigenvalue weighted by atomic mass is 10.1. The zero-order valence-electron chi connectivity index (χ0n) is 17.7. The molecule has 1 heterocycles. The van der Waals surface area contributed by atoms with E-state index >= 15 is 0 Å². The van der Waals surface area contributed by atoms with Crippen LogP contribution in [-0.2, 0) is 4.79 Å². The Bertz CT molecular complexity index is 888. The first kappa shape index (κ1) is 22.6. The molecule has 1 aliphatic rings. The summed E-state index contributed by atoms with van der Waals surface area (Å²) >= 11 is 6.79. The minimum Gasteiger partial charge on any atom is -0.494 e. The summed E-state index contributed by atoms with van der Waals surface area (Å²) in [6, 6.07) is 15.7. The molecule has 0 unspecified atom stereocenters. The number of hydrogen-bond acceptors (Lipinski definition) is 4. The molecule has 3 rings (SSSR count). The van der Waals surface area contributed by atoms with E-state index in [1.54, 1.807) is 4.90 Å². The molecule has 30 heavy (non-hydrogen) atoms. The van der Waals surface area contributed by atoms with Crippen molar-refractivity contribution >= 4 is 46.0 Å². The summed E-state index contributed by atoms with van der Waals surface area (Å²) in [6.07, 6.45) is 9.42. The van der Waals surface area contributed by atoms with Crippen LogP contribution in [-0.4, -0.2) is 16.8 Å². The van der Waals surface area contributed by atoms with Crippen molar-refractivity contribution in [2.24, 2.45) is 0 Å². The fourth-order valence-corrected chi connectivity index (χ4v) is 4.57. The first-order valence-corrected chi connectivity index (χ1v) is 11.9. The average Bonchev–Trinajstić information content (AvgIpc) is 3.02. The van der Waals surface area contributed by atoms with Crippen molar-refractivity contribution in [3.63, 3.8) is 0 Å². The fraction of sp³-hybridized carbons (Fsp3) is 0.360. The Balaban J connectivity index is 1.54. The van der Waals surface area contributed by atoms with Crippen LogP contribution in [0.25, 0.3) is 6.08 Å². The molecule has 0 bridgehead atoms. The molecule has 1 aliphatic heterocycles. The number of carbonyl (C=O) groups is 1. The molecular formula is C25H29NO2S2. The molecule has 5 heteroatoms. The van der Waals surface area contributed by atoms with Crippen LogP contribution in [0.1, 0.15) is 56.6 Å². The zero-order chi connectivity index (χ0) is 21.3. The number of rotatable bonds is 10. The van der Waals surface area contributed by atoms with Crippen LogP contribution in [0.3, 0.4) is 0 Å². The zero-order valence-corrected chi connectivity index (χ0v) is 19.4. The summed E-state index contributed by atoms with van der Waals surface area (Å²) in [6.45, 7) is 5.01. The molecule has 158 valence electrons. The van der Waals surface area contributed by atoms with Crippen molar-refractivity contribution in [2.75, 3.05) is 11.5 Å². The van der Waals surface area contributed by atoms with Crippen LogP contribution in [0.5, 0.6) is 5.75 Å². The van der Waals surface area contributed by atoms with Crippen molar-refractivity contribution in [3.8, 4) is 5.75 Å². The average molecular weight is 440 g/mol. The summed E-state index contributed by atoms with van der Waals surface area (Å²) in [5, 5.41) is 0. The van der Waals surface area contributed by atoms with Crippen molar-refractivity contribution in [1.82, 2.24) is 0 Å². The van der Waals surface area contributed by atoms with Gasteiger partial charge in [-0.25, -0.2) is 0 Å². The number of aryl methyl sites for hydroxylation is 1. The molecule has 0 N–H and O–H groups in total. The predicted molar refractivity (Wildman–Crippen MR) is 132 cm³/mol. The van der Waals surface area contributed by atoms with Crippen molar-refractivity contribution < 1.29 is 9.53 Å². The van der Waals surface area contributed by atoms with Gasteiger partial charge in [0.1, 0.15) is 5.75 Å². The SMILES string of the molecule is CCCCCCCCOc1ccc(C=C2SC(=S)N(c3ccc(C)cc3)C2=O)cc1. The second-order valence-corrected chi connectivity index (χ2v) is 9.21. The van der Waals surface area contributed by atoms with Gasteiger partial charge in [-0.1, -0.05) is 92.8 Å². The highest BCUT2D eigenvalue weighted by molar-refractivity contribution is 8.27. The number of carbonyl (C=O) groups excluding carboxylic acids is 1. The van der Waals surface area contributed by atoms with E-state index in [1.165, 1.54) is 43.9 Å². The maximum absolute atomic E-state index is 12.9. The van der Waals surface area contributed by atoms with Crippen molar-refractivity contribution in [1.29, 1.82) is 0 Å². The monoisotopic (exact) mass is 439 g/mol. The highest BCUT2D eigenvalue weighted by Crippen LogP contribution is 2.36. The summed E-state index contributed by atoms with van der Waals surface area (Å²) in [4.78, 5) is 15.1. The minimum absolute atomic E-state index is 0.0720. The Morgan fingerprint density at radius 2 is 1.63 bits per heavy atom. The number of ether oxygens (including phenoxy) is 1. The number of benzene rings is 2. The lowest BCUT2D eigenvalue weighted by Crippen LogP contribution is -2.27. The van der Waals surface area contributed by atoms with Gasteiger partial charge in [0.05, 0.1) is 17.2 Å². The standard InChI is InChI=1S/C25H29NO2S2/c1-3-4-5-6-7-8-17-28-22-15-11-20(12-16-22)18-23-24(27)26(25(29)30-23)21-13-9-19(2)10-14-21/h9-16,18H,3-8,17H2,1-2H3. The lowest BCUT2D eigenvalue weighted by Gasteiger charge is -2.14. The third kappa shape index (κ3) is 6.19. The number of thioether (sulfide) groups is 1. The van der Waals surface area contributed by atoms with Gasteiger partial charge in [-0.05, 0) is 49.2 Å². The van der Waals surface area contributed by atoms with Crippen LogP contribution in [0.2, 0.25) is 0 Å². The quantitative estimate of drug-likeness (QED) is 0.223. The van der Waals surface area contributed by atoms with Gasteiger partial charge < -0.3 is 4.74 Å². The maximum atomic E-state index is 12.9. The van der Waals surface area contributed by atoms with Crippen LogP contribution in [0, 0.1) is 6.92 Å². The summed E-state index contributed by atoms with van der Waals surface area (Å²) in [5.41, 5.74) is 2.93. The van der Waals surface area contributed by atoms with Gasteiger partial charge in [-0.2, -0.15) is 0 Å². The second-order valence-electron chi connectivity index (χ2n) is 7.54. The van der Waals surface area contributed by atoms with E-state index in [-0.39, 0.29) is 5.91 Å². The number of unbranched alkanes of at least 4 members (excludes halogenated alkanes) is 5. The Kier molecular flexibility index (Phi) is 8.52. The van der Waals surface area contributed by atoms with E-state index in [2.05, 4.69) is 6.92 Å². The Hall–Kier alpha value is -2.11. The molecule has 3 nitrogen and oxygen atoms in total. The van der Waals surface area contributed by atoms with E-state index in [4.69, 9.17) is 17.0 Å². The first-order valence-electron chi connectivity index (χ1n) is 10.7. The van der Waals surface area contributed by atoms with Crippen LogP contribution >= 0.6 is 24.0 Å². The van der Waals surface area contributed by atoms with Gasteiger partial charge in [-0.3, -0.25) is 9.69 Å². The van der Waals surface area contributed by atoms with E-state index in [1.807, 2.05) is 61.5 Å². The highest BCUT2D eigenvalue weighted by Gasteiger charge is 2.33. The minimum atomic E-state index is -0.0720. The molecule has 1 saturated heterocycles. The molecule has 0 aliphatic carbocycles. The third-order valence-electron chi connectivity index (χ3n) is 5.03. The van der Waals surface area contributed by atoms with Crippen LogP contribution < -0.4 is 9.64 Å². The lowest BCUT2D eigenvalue weighted by molar-refractivity contribution is -0.113. The smallest absolute Gasteiger partial charge is 0.270 e. The topological polar surface area (TPSA) is 29.5 Å². The highest BCUT2D eigenvalue weighted by atomic mass is 32.2. The van der Waals surface area contributed by atoms with Crippen LogP contribution in [0.15, 0.2) is 53.4 Å². The summed E-state index contributed by atoms with van der Waals surface area (Å²) < 4.78 is 6.40. The molecule has 1 amide bonds. The predicted octanol–water partition coefficient (Wildman–Crippen LogP) is 7.14. The molecule has 0 spiro atoms. The largest absolute Gasteiger partial charge is 0.494 e. The van der Waals surface area contributed by atoms with E-state index < -0.39 is 0 Å². The first-order chi connectivity index (χ1) is 14.6. The molecule has 2 aromatic carbocycles. The van der Waals surface area contributed by atoms with Gasteiger partial charge in [0.2, 0.25) is 0 Å². The van der Waals surface area contributed by atoms with Gasteiger partial charge >= 0.3 is 0 Å². The second kappa shape index (κ2) is 11.3.